The first kappa shape index (κ1) is 15.8. The van der Waals surface area contributed by atoms with Crippen molar-refractivity contribution in [1.82, 2.24) is 14.8 Å². The van der Waals surface area contributed by atoms with Crippen LogP contribution in [-0.2, 0) is 4.74 Å². The van der Waals surface area contributed by atoms with Gasteiger partial charge in [0.15, 0.2) is 0 Å². The zero-order chi connectivity index (χ0) is 16.4. The molecule has 1 aromatic rings. The van der Waals surface area contributed by atoms with Gasteiger partial charge in [-0.1, -0.05) is 0 Å². The van der Waals surface area contributed by atoms with Crippen LogP contribution in [0, 0.1) is 0 Å². The molecular formula is C18H25N3O3. The fourth-order valence-corrected chi connectivity index (χ4v) is 3.46. The molecule has 6 nitrogen and oxygen atoms in total. The molecule has 1 saturated carbocycles. The number of amides is 1. The number of carbonyl (C=O) groups is 1. The molecule has 0 radical (unpaired) electrons. The number of pyridine rings is 1. The van der Waals surface area contributed by atoms with Gasteiger partial charge in [-0.25, -0.2) is 4.98 Å². The monoisotopic (exact) mass is 331 g/mol. The molecule has 0 bridgehead atoms. The maximum absolute atomic E-state index is 12.6. The zero-order valence-corrected chi connectivity index (χ0v) is 14.0. The first-order valence-corrected chi connectivity index (χ1v) is 9.03. The van der Waals surface area contributed by atoms with E-state index in [1.807, 2.05) is 11.0 Å². The Bertz CT molecular complexity index is 559. The SMILES string of the molecule is O=C(c1ccc(OC2CCCOC2)nc1)N1CCN(C2CC2)CC1. The molecule has 4 rings (SSSR count). The highest BCUT2D eigenvalue weighted by Crippen LogP contribution is 2.27. The van der Waals surface area contributed by atoms with Gasteiger partial charge in [0.25, 0.3) is 5.91 Å². The Morgan fingerprint density at radius 1 is 1.17 bits per heavy atom. The Kier molecular flexibility index (Phi) is 4.67. The highest BCUT2D eigenvalue weighted by molar-refractivity contribution is 5.94. The van der Waals surface area contributed by atoms with Crippen molar-refractivity contribution in [2.24, 2.45) is 0 Å². The molecule has 2 aliphatic heterocycles. The third-order valence-electron chi connectivity index (χ3n) is 5.05. The summed E-state index contributed by atoms with van der Waals surface area (Å²) < 4.78 is 11.2. The van der Waals surface area contributed by atoms with Crippen LogP contribution in [0.15, 0.2) is 18.3 Å². The first-order chi connectivity index (χ1) is 11.8. The number of nitrogens with zero attached hydrogens (tertiary/aromatic N) is 3. The molecule has 6 heteroatoms. The van der Waals surface area contributed by atoms with Crippen LogP contribution < -0.4 is 4.74 Å². The average molecular weight is 331 g/mol. The minimum absolute atomic E-state index is 0.0725. The molecule has 1 unspecified atom stereocenters. The van der Waals surface area contributed by atoms with Gasteiger partial charge in [-0.05, 0) is 31.7 Å². The minimum Gasteiger partial charge on any atom is -0.472 e. The maximum Gasteiger partial charge on any atom is 0.255 e. The number of ether oxygens (including phenoxy) is 2. The van der Waals surface area contributed by atoms with Crippen molar-refractivity contribution >= 4 is 5.91 Å². The van der Waals surface area contributed by atoms with Crippen molar-refractivity contribution in [3.63, 3.8) is 0 Å². The first-order valence-electron chi connectivity index (χ1n) is 9.03. The standard InChI is InChI=1S/C18H25N3O3/c22-18(21-9-7-20(8-10-21)15-4-5-15)14-3-6-17(19-12-14)24-16-2-1-11-23-13-16/h3,6,12,15-16H,1-2,4-5,7-11,13H2. The topological polar surface area (TPSA) is 54.9 Å². The third kappa shape index (κ3) is 3.70. The van der Waals surface area contributed by atoms with Crippen LogP contribution in [-0.4, -0.2) is 72.2 Å². The molecule has 1 amide bonds. The molecule has 24 heavy (non-hydrogen) atoms. The van der Waals surface area contributed by atoms with E-state index < -0.39 is 0 Å². The fraction of sp³-hybridized carbons (Fsp3) is 0.667. The van der Waals surface area contributed by atoms with Crippen LogP contribution in [0.4, 0.5) is 0 Å². The third-order valence-corrected chi connectivity index (χ3v) is 5.05. The van der Waals surface area contributed by atoms with Gasteiger partial charge in [0.05, 0.1) is 12.2 Å². The van der Waals surface area contributed by atoms with E-state index in [-0.39, 0.29) is 12.0 Å². The predicted molar refractivity (Wildman–Crippen MR) is 89.2 cm³/mol. The second-order valence-electron chi connectivity index (χ2n) is 6.90. The van der Waals surface area contributed by atoms with Gasteiger partial charge < -0.3 is 14.4 Å². The van der Waals surface area contributed by atoms with Crippen molar-refractivity contribution in [2.75, 3.05) is 39.4 Å². The van der Waals surface area contributed by atoms with E-state index in [9.17, 15) is 4.79 Å². The van der Waals surface area contributed by atoms with Gasteiger partial charge >= 0.3 is 0 Å². The molecule has 2 saturated heterocycles. The fourth-order valence-electron chi connectivity index (χ4n) is 3.46. The molecule has 0 N–H and O–H groups in total. The van der Waals surface area contributed by atoms with Crippen LogP contribution >= 0.6 is 0 Å². The molecule has 130 valence electrons. The van der Waals surface area contributed by atoms with Crippen molar-refractivity contribution < 1.29 is 14.3 Å². The summed E-state index contributed by atoms with van der Waals surface area (Å²) in [7, 11) is 0. The second-order valence-corrected chi connectivity index (χ2v) is 6.90. The van der Waals surface area contributed by atoms with E-state index in [0.29, 0.717) is 18.1 Å². The van der Waals surface area contributed by atoms with Gasteiger partial charge in [-0.15, -0.1) is 0 Å². The lowest BCUT2D eigenvalue weighted by atomic mass is 10.2. The summed E-state index contributed by atoms with van der Waals surface area (Å²) in [6.45, 7) is 5.04. The summed E-state index contributed by atoms with van der Waals surface area (Å²) in [6.07, 6.45) is 6.37. The van der Waals surface area contributed by atoms with E-state index >= 15 is 0 Å². The van der Waals surface area contributed by atoms with Crippen molar-refractivity contribution in [2.45, 2.75) is 37.8 Å². The highest BCUT2D eigenvalue weighted by atomic mass is 16.5. The number of hydrogen-bond acceptors (Lipinski definition) is 5. The Hall–Kier alpha value is -1.66. The molecule has 1 aliphatic carbocycles. The molecular weight excluding hydrogens is 306 g/mol. The smallest absolute Gasteiger partial charge is 0.255 e. The number of aromatic nitrogens is 1. The maximum atomic E-state index is 12.6. The lowest BCUT2D eigenvalue weighted by Crippen LogP contribution is -2.49. The van der Waals surface area contributed by atoms with Crippen LogP contribution in [0.2, 0.25) is 0 Å². The minimum atomic E-state index is 0.0725. The summed E-state index contributed by atoms with van der Waals surface area (Å²) in [4.78, 5) is 21.3. The Balaban J connectivity index is 1.31. The summed E-state index contributed by atoms with van der Waals surface area (Å²) in [5.74, 6) is 0.645. The van der Waals surface area contributed by atoms with E-state index in [4.69, 9.17) is 9.47 Å². The van der Waals surface area contributed by atoms with Gasteiger partial charge in [-0.2, -0.15) is 0 Å². The zero-order valence-electron chi connectivity index (χ0n) is 14.0. The normalized spacial score (nSPS) is 25.5. The molecule has 0 aromatic carbocycles. The highest BCUT2D eigenvalue weighted by Gasteiger charge is 2.32. The van der Waals surface area contributed by atoms with E-state index in [2.05, 4.69) is 9.88 Å². The second kappa shape index (κ2) is 7.07. The van der Waals surface area contributed by atoms with Crippen molar-refractivity contribution in [3.8, 4) is 5.88 Å². The van der Waals surface area contributed by atoms with Crippen molar-refractivity contribution in [3.05, 3.63) is 23.9 Å². The average Bonchev–Trinajstić information content (AvgIpc) is 3.48. The largest absolute Gasteiger partial charge is 0.472 e. The van der Waals surface area contributed by atoms with Gasteiger partial charge in [-0.3, -0.25) is 9.69 Å². The Morgan fingerprint density at radius 3 is 2.62 bits per heavy atom. The van der Waals surface area contributed by atoms with Crippen LogP contribution in [0.5, 0.6) is 5.88 Å². The summed E-state index contributed by atoms with van der Waals surface area (Å²) in [5.41, 5.74) is 0.641. The number of hydrogen-bond donors (Lipinski definition) is 0. The molecule has 3 fully saturated rings. The Morgan fingerprint density at radius 2 is 2.00 bits per heavy atom. The van der Waals surface area contributed by atoms with E-state index in [1.54, 1.807) is 12.3 Å². The molecule has 3 aliphatic rings. The quantitative estimate of drug-likeness (QED) is 0.838. The number of rotatable bonds is 4. The number of piperazine rings is 1. The van der Waals surface area contributed by atoms with Gasteiger partial charge in [0.1, 0.15) is 6.10 Å². The van der Waals surface area contributed by atoms with Gasteiger partial charge in [0.2, 0.25) is 5.88 Å². The number of carbonyl (C=O) groups excluding carboxylic acids is 1. The Labute approximate surface area is 142 Å². The summed E-state index contributed by atoms with van der Waals surface area (Å²) >= 11 is 0. The molecule has 3 heterocycles. The van der Waals surface area contributed by atoms with E-state index in [1.165, 1.54) is 12.8 Å². The summed E-state index contributed by atoms with van der Waals surface area (Å²) in [5, 5.41) is 0. The summed E-state index contributed by atoms with van der Waals surface area (Å²) in [6, 6.07) is 4.40. The molecule has 1 atom stereocenters. The van der Waals surface area contributed by atoms with Crippen LogP contribution in [0.3, 0.4) is 0 Å². The van der Waals surface area contributed by atoms with E-state index in [0.717, 1.165) is 51.7 Å². The molecule has 1 aromatic heterocycles. The van der Waals surface area contributed by atoms with Crippen molar-refractivity contribution in [1.29, 1.82) is 0 Å². The van der Waals surface area contributed by atoms with Crippen LogP contribution in [0.1, 0.15) is 36.0 Å². The lowest BCUT2D eigenvalue weighted by Gasteiger charge is -2.34. The lowest BCUT2D eigenvalue weighted by molar-refractivity contribution is 0.00548. The van der Waals surface area contributed by atoms with Crippen LogP contribution in [0.25, 0.3) is 0 Å². The predicted octanol–water partition coefficient (Wildman–Crippen LogP) is 1.56. The van der Waals surface area contributed by atoms with Gasteiger partial charge in [0, 0.05) is 51.1 Å². The molecule has 0 spiro atoms.